The van der Waals surface area contributed by atoms with E-state index in [1.54, 1.807) is 26.0 Å². The van der Waals surface area contributed by atoms with Crippen LogP contribution >= 0.6 is 0 Å². The van der Waals surface area contributed by atoms with Crippen LogP contribution in [0.15, 0.2) is 24.3 Å². The van der Waals surface area contributed by atoms with Gasteiger partial charge < -0.3 is 20.5 Å². The van der Waals surface area contributed by atoms with Gasteiger partial charge in [0.05, 0.1) is 12.6 Å². The molecule has 0 aliphatic carbocycles. The second kappa shape index (κ2) is 8.97. The van der Waals surface area contributed by atoms with E-state index in [0.29, 0.717) is 25.3 Å². The Bertz CT molecular complexity index is 457. The Morgan fingerprint density at radius 2 is 1.95 bits per heavy atom. The quantitative estimate of drug-likeness (QED) is 0.686. The summed E-state index contributed by atoms with van der Waals surface area (Å²) in [5.41, 5.74) is 6.51. The molecule has 0 aromatic heterocycles. The van der Waals surface area contributed by atoms with Gasteiger partial charge in [0.1, 0.15) is 5.75 Å². The van der Waals surface area contributed by atoms with Gasteiger partial charge in [0.25, 0.3) is 0 Å². The molecule has 21 heavy (non-hydrogen) atoms. The fraction of sp³-hybridized carbons (Fsp3) is 0.467. The third-order valence-corrected chi connectivity index (χ3v) is 2.71. The zero-order chi connectivity index (χ0) is 15.7. The van der Waals surface area contributed by atoms with Crippen molar-refractivity contribution < 1.29 is 19.1 Å². The van der Waals surface area contributed by atoms with Crippen molar-refractivity contribution in [3.63, 3.8) is 0 Å². The van der Waals surface area contributed by atoms with Gasteiger partial charge >= 0.3 is 5.97 Å². The molecule has 0 spiro atoms. The monoisotopic (exact) mass is 294 g/mol. The van der Waals surface area contributed by atoms with Crippen LogP contribution in [0, 0.1) is 0 Å². The van der Waals surface area contributed by atoms with Gasteiger partial charge in [-0.15, -0.1) is 0 Å². The summed E-state index contributed by atoms with van der Waals surface area (Å²) in [7, 11) is 0. The molecule has 1 aromatic carbocycles. The SMILES string of the molecule is CCOC(=O)COc1ccc(CCNC(=O)[C@H](C)N)cc1. The maximum absolute atomic E-state index is 11.3. The third kappa shape index (κ3) is 6.76. The van der Waals surface area contributed by atoms with E-state index in [0.717, 1.165) is 5.56 Å². The number of carbonyl (C=O) groups is 2. The highest BCUT2D eigenvalue weighted by Crippen LogP contribution is 2.12. The van der Waals surface area contributed by atoms with Crippen molar-refractivity contribution in [3.8, 4) is 5.75 Å². The van der Waals surface area contributed by atoms with Gasteiger partial charge in [-0.05, 0) is 38.0 Å². The van der Waals surface area contributed by atoms with Crippen molar-refractivity contribution in [1.82, 2.24) is 5.32 Å². The third-order valence-electron chi connectivity index (χ3n) is 2.71. The lowest BCUT2D eigenvalue weighted by atomic mass is 10.1. The first kappa shape index (κ1) is 17.0. The van der Waals surface area contributed by atoms with E-state index in [2.05, 4.69) is 5.32 Å². The predicted molar refractivity (Wildman–Crippen MR) is 78.9 cm³/mol. The van der Waals surface area contributed by atoms with Gasteiger partial charge in [-0.25, -0.2) is 4.79 Å². The van der Waals surface area contributed by atoms with E-state index >= 15 is 0 Å². The van der Waals surface area contributed by atoms with Crippen LogP contribution < -0.4 is 15.8 Å². The highest BCUT2D eigenvalue weighted by molar-refractivity contribution is 5.80. The first-order valence-electron chi connectivity index (χ1n) is 6.93. The van der Waals surface area contributed by atoms with Gasteiger partial charge in [0.15, 0.2) is 6.61 Å². The number of hydrogen-bond donors (Lipinski definition) is 2. The number of rotatable bonds is 8. The van der Waals surface area contributed by atoms with Crippen molar-refractivity contribution in [3.05, 3.63) is 29.8 Å². The molecule has 1 aromatic rings. The summed E-state index contributed by atoms with van der Waals surface area (Å²) < 4.78 is 10.1. The highest BCUT2D eigenvalue weighted by Gasteiger charge is 2.06. The first-order chi connectivity index (χ1) is 10.0. The lowest BCUT2D eigenvalue weighted by molar-refractivity contribution is -0.145. The second-order valence-electron chi connectivity index (χ2n) is 4.57. The average Bonchev–Trinajstić information content (AvgIpc) is 2.46. The van der Waals surface area contributed by atoms with E-state index in [1.165, 1.54) is 0 Å². The van der Waals surface area contributed by atoms with E-state index < -0.39 is 6.04 Å². The van der Waals surface area contributed by atoms with E-state index in [9.17, 15) is 9.59 Å². The average molecular weight is 294 g/mol. The predicted octanol–water partition coefficient (Wildman–Crippen LogP) is 0.634. The lowest BCUT2D eigenvalue weighted by Gasteiger charge is -2.09. The van der Waals surface area contributed by atoms with Crippen molar-refractivity contribution in [1.29, 1.82) is 0 Å². The number of amides is 1. The highest BCUT2D eigenvalue weighted by atomic mass is 16.6. The van der Waals surface area contributed by atoms with Crippen LogP contribution in [0.4, 0.5) is 0 Å². The molecule has 0 aliphatic heterocycles. The zero-order valence-electron chi connectivity index (χ0n) is 12.4. The number of carbonyl (C=O) groups excluding carboxylic acids is 2. The number of esters is 1. The molecule has 0 bridgehead atoms. The molecule has 0 saturated carbocycles. The van der Waals surface area contributed by atoms with Gasteiger partial charge in [-0.3, -0.25) is 4.79 Å². The summed E-state index contributed by atoms with van der Waals surface area (Å²) in [5, 5.41) is 2.74. The van der Waals surface area contributed by atoms with Crippen LogP contribution in [-0.4, -0.2) is 37.7 Å². The molecular weight excluding hydrogens is 272 g/mol. The number of nitrogens with two attached hydrogens (primary N) is 1. The van der Waals surface area contributed by atoms with Gasteiger partial charge in [-0.2, -0.15) is 0 Å². The van der Waals surface area contributed by atoms with Gasteiger partial charge in [0, 0.05) is 6.54 Å². The summed E-state index contributed by atoms with van der Waals surface area (Å²) in [6.45, 7) is 4.16. The van der Waals surface area contributed by atoms with Crippen LogP contribution in [0.2, 0.25) is 0 Å². The normalized spacial score (nSPS) is 11.6. The summed E-state index contributed by atoms with van der Waals surface area (Å²) >= 11 is 0. The van der Waals surface area contributed by atoms with Gasteiger partial charge in [0.2, 0.25) is 5.91 Å². The maximum atomic E-state index is 11.3. The van der Waals surface area contributed by atoms with Crippen molar-refractivity contribution in [2.75, 3.05) is 19.8 Å². The second-order valence-corrected chi connectivity index (χ2v) is 4.57. The topological polar surface area (TPSA) is 90.6 Å². The Labute approximate surface area is 124 Å². The molecule has 1 rings (SSSR count). The first-order valence-corrected chi connectivity index (χ1v) is 6.93. The summed E-state index contributed by atoms with van der Waals surface area (Å²) in [6.07, 6.45) is 0.705. The largest absolute Gasteiger partial charge is 0.482 e. The molecule has 3 N–H and O–H groups in total. The van der Waals surface area contributed by atoms with Gasteiger partial charge in [-0.1, -0.05) is 12.1 Å². The van der Waals surface area contributed by atoms with Crippen molar-refractivity contribution >= 4 is 11.9 Å². The van der Waals surface area contributed by atoms with Crippen LogP contribution in [0.3, 0.4) is 0 Å². The minimum Gasteiger partial charge on any atom is -0.482 e. The number of hydrogen-bond acceptors (Lipinski definition) is 5. The maximum Gasteiger partial charge on any atom is 0.344 e. The Morgan fingerprint density at radius 1 is 1.29 bits per heavy atom. The Morgan fingerprint density at radius 3 is 2.52 bits per heavy atom. The Balaban J connectivity index is 2.33. The smallest absolute Gasteiger partial charge is 0.344 e. The van der Waals surface area contributed by atoms with Crippen LogP contribution in [0.5, 0.6) is 5.75 Å². The number of nitrogens with one attached hydrogen (secondary N) is 1. The molecule has 0 aliphatic rings. The lowest BCUT2D eigenvalue weighted by Crippen LogP contribution is -2.39. The van der Waals surface area contributed by atoms with E-state index in [4.69, 9.17) is 15.2 Å². The number of benzene rings is 1. The van der Waals surface area contributed by atoms with Crippen molar-refractivity contribution in [2.24, 2.45) is 5.73 Å². The molecule has 1 amide bonds. The van der Waals surface area contributed by atoms with E-state index in [-0.39, 0.29) is 18.5 Å². The molecule has 0 radical (unpaired) electrons. The molecule has 6 nitrogen and oxygen atoms in total. The molecule has 6 heteroatoms. The minimum absolute atomic E-state index is 0.0996. The van der Waals surface area contributed by atoms with E-state index in [1.807, 2.05) is 12.1 Å². The molecule has 1 atom stereocenters. The minimum atomic E-state index is -0.497. The molecule has 0 unspecified atom stereocenters. The molecule has 0 fully saturated rings. The fourth-order valence-corrected chi connectivity index (χ4v) is 1.59. The fourth-order valence-electron chi connectivity index (χ4n) is 1.59. The standard InChI is InChI=1S/C15H22N2O4/c1-3-20-14(18)10-21-13-6-4-12(5-7-13)8-9-17-15(19)11(2)16/h4-7,11H,3,8-10,16H2,1-2H3,(H,17,19)/t11-/m0/s1. The molecule has 116 valence electrons. The number of ether oxygens (including phenoxy) is 2. The molecule has 0 heterocycles. The summed E-state index contributed by atoms with van der Waals surface area (Å²) in [5.74, 6) is 0.0519. The van der Waals surface area contributed by atoms with Crippen LogP contribution in [0.1, 0.15) is 19.4 Å². The molecule has 0 saturated heterocycles. The molecular formula is C15H22N2O4. The Kier molecular flexibility index (Phi) is 7.25. The van der Waals surface area contributed by atoms with Crippen LogP contribution in [-0.2, 0) is 20.7 Å². The zero-order valence-corrected chi connectivity index (χ0v) is 12.4. The van der Waals surface area contributed by atoms with Crippen molar-refractivity contribution in [2.45, 2.75) is 26.3 Å². The Hall–Kier alpha value is -2.08. The van der Waals surface area contributed by atoms with Crippen LogP contribution in [0.25, 0.3) is 0 Å². The summed E-state index contributed by atoms with van der Waals surface area (Å²) in [6, 6.07) is 6.84. The summed E-state index contributed by atoms with van der Waals surface area (Å²) in [4.78, 5) is 22.4.